The van der Waals surface area contributed by atoms with Crippen LogP contribution < -0.4 is 5.32 Å². The minimum atomic E-state index is -0.991. The fourth-order valence-electron chi connectivity index (χ4n) is 1.72. The number of aromatic amines is 1. The number of H-pyrrole nitrogens is 1. The molecular weight excluding hydrogens is 214 g/mol. The Kier molecular flexibility index (Phi) is 1.60. The number of nitrogens with one attached hydrogen (secondary N) is 2. The number of nitrogens with zero attached hydrogens (tertiary/aromatic N) is 1. The van der Waals surface area contributed by atoms with Crippen LogP contribution in [0, 0.1) is 0 Å². The summed E-state index contributed by atoms with van der Waals surface area (Å²) in [6, 6.07) is 1.96. The molecule has 0 radical (unpaired) electrons. The van der Waals surface area contributed by atoms with E-state index in [-0.39, 0.29) is 5.69 Å². The molecule has 0 unspecified atom stereocenters. The van der Waals surface area contributed by atoms with Gasteiger partial charge in [-0.3, -0.25) is 5.10 Å². The van der Waals surface area contributed by atoms with Gasteiger partial charge < -0.3 is 10.4 Å². The molecule has 5 nitrogen and oxygen atoms in total. The molecule has 1 aliphatic rings. The molecule has 0 atom stereocenters. The maximum absolute atomic E-state index is 10.9. The van der Waals surface area contributed by atoms with Crippen molar-refractivity contribution in [2.75, 3.05) is 5.32 Å². The lowest BCUT2D eigenvalue weighted by Crippen LogP contribution is -2.08. The van der Waals surface area contributed by atoms with Crippen molar-refractivity contribution in [3.8, 4) is 11.3 Å². The number of carboxylic acids is 1. The van der Waals surface area contributed by atoms with E-state index in [1.165, 1.54) is 4.88 Å². The SMILES string of the molecule is O=C(O)c1[nH]nc2c1NCc1sccc1-2. The average Bonchev–Trinajstić information content (AvgIpc) is 2.82. The van der Waals surface area contributed by atoms with Crippen LogP contribution in [0.2, 0.25) is 0 Å². The van der Waals surface area contributed by atoms with Gasteiger partial charge in [-0.05, 0) is 11.4 Å². The summed E-state index contributed by atoms with van der Waals surface area (Å²) in [6.07, 6.45) is 0. The number of hydrogen-bond donors (Lipinski definition) is 3. The van der Waals surface area contributed by atoms with Crippen LogP contribution in [-0.2, 0) is 6.54 Å². The van der Waals surface area contributed by atoms with Gasteiger partial charge in [-0.1, -0.05) is 0 Å². The fraction of sp³-hybridized carbons (Fsp3) is 0.111. The Labute approximate surface area is 88.8 Å². The Balaban J connectivity index is 2.23. The third-order valence-corrected chi connectivity index (χ3v) is 3.33. The average molecular weight is 221 g/mol. The summed E-state index contributed by atoms with van der Waals surface area (Å²) in [5.41, 5.74) is 2.45. The van der Waals surface area contributed by atoms with Crippen LogP contribution in [0.4, 0.5) is 5.69 Å². The van der Waals surface area contributed by atoms with Crippen LogP contribution >= 0.6 is 11.3 Å². The minimum Gasteiger partial charge on any atom is -0.476 e. The van der Waals surface area contributed by atoms with Gasteiger partial charge in [-0.15, -0.1) is 11.3 Å². The molecule has 6 heteroatoms. The van der Waals surface area contributed by atoms with Crippen molar-refractivity contribution < 1.29 is 9.90 Å². The molecule has 3 rings (SSSR count). The Morgan fingerprint density at radius 2 is 2.47 bits per heavy atom. The van der Waals surface area contributed by atoms with Gasteiger partial charge in [0.2, 0.25) is 0 Å². The predicted molar refractivity (Wildman–Crippen MR) is 56.2 cm³/mol. The topological polar surface area (TPSA) is 78.0 Å². The van der Waals surface area contributed by atoms with E-state index in [1.807, 2.05) is 11.4 Å². The summed E-state index contributed by atoms with van der Waals surface area (Å²) in [4.78, 5) is 12.1. The summed E-state index contributed by atoms with van der Waals surface area (Å²) in [6.45, 7) is 0.666. The van der Waals surface area contributed by atoms with Crippen LogP contribution in [0.25, 0.3) is 11.3 Å². The zero-order valence-electron chi connectivity index (χ0n) is 7.57. The molecule has 0 amide bonds. The summed E-state index contributed by atoms with van der Waals surface area (Å²) >= 11 is 1.64. The first kappa shape index (κ1) is 8.49. The lowest BCUT2D eigenvalue weighted by atomic mass is 10.1. The Hall–Kier alpha value is -1.82. The second-order valence-corrected chi connectivity index (χ2v) is 4.24. The smallest absolute Gasteiger partial charge is 0.356 e. The van der Waals surface area contributed by atoms with E-state index in [9.17, 15) is 4.79 Å². The van der Waals surface area contributed by atoms with Crippen LogP contribution in [0.1, 0.15) is 15.4 Å². The summed E-state index contributed by atoms with van der Waals surface area (Å²) in [5.74, 6) is -0.991. The zero-order valence-corrected chi connectivity index (χ0v) is 8.39. The number of fused-ring (bicyclic) bond motifs is 3. The number of aromatic nitrogens is 2. The third-order valence-electron chi connectivity index (χ3n) is 2.41. The number of rotatable bonds is 1. The van der Waals surface area contributed by atoms with Crippen molar-refractivity contribution in [1.82, 2.24) is 10.2 Å². The van der Waals surface area contributed by atoms with Gasteiger partial charge in [-0.25, -0.2) is 4.79 Å². The first-order valence-corrected chi connectivity index (χ1v) is 5.27. The Morgan fingerprint density at radius 1 is 1.60 bits per heavy atom. The summed E-state index contributed by atoms with van der Waals surface area (Å²) < 4.78 is 0. The van der Waals surface area contributed by atoms with E-state index in [1.54, 1.807) is 11.3 Å². The molecule has 0 bridgehead atoms. The minimum absolute atomic E-state index is 0.127. The van der Waals surface area contributed by atoms with Crippen LogP contribution in [0.3, 0.4) is 0 Å². The zero-order chi connectivity index (χ0) is 10.4. The monoisotopic (exact) mass is 221 g/mol. The largest absolute Gasteiger partial charge is 0.476 e. The molecule has 0 saturated carbocycles. The number of carbonyl (C=O) groups is 1. The first-order valence-electron chi connectivity index (χ1n) is 4.39. The third kappa shape index (κ3) is 1.08. The maximum atomic E-state index is 10.9. The quantitative estimate of drug-likeness (QED) is 0.685. The number of hydrogen-bond acceptors (Lipinski definition) is 4. The fourth-order valence-corrected chi connectivity index (χ4v) is 2.54. The van der Waals surface area contributed by atoms with E-state index in [4.69, 9.17) is 5.11 Å². The first-order chi connectivity index (χ1) is 7.27. The lowest BCUT2D eigenvalue weighted by Gasteiger charge is -2.13. The highest BCUT2D eigenvalue weighted by atomic mass is 32.1. The summed E-state index contributed by atoms with van der Waals surface area (Å²) in [5, 5.41) is 20.5. The van der Waals surface area contributed by atoms with E-state index < -0.39 is 5.97 Å². The molecule has 1 aliphatic heterocycles. The molecule has 0 saturated heterocycles. The molecule has 15 heavy (non-hydrogen) atoms. The van der Waals surface area contributed by atoms with Crippen molar-refractivity contribution in [1.29, 1.82) is 0 Å². The normalized spacial score (nSPS) is 12.8. The number of thiophene rings is 1. The van der Waals surface area contributed by atoms with Crippen molar-refractivity contribution >= 4 is 23.0 Å². The van der Waals surface area contributed by atoms with Crippen LogP contribution in [0.15, 0.2) is 11.4 Å². The second kappa shape index (κ2) is 2.83. The van der Waals surface area contributed by atoms with Crippen molar-refractivity contribution in [2.24, 2.45) is 0 Å². The van der Waals surface area contributed by atoms with Gasteiger partial charge in [-0.2, -0.15) is 5.10 Å². The molecule has 2 aromatic heterocycles. The second-order valence-electron chi connectivity index (χ2n) is 3.24. The van der Waals surface area contributed by atoms with E-state index in [0.29, 0.717) is 17.9 Å². The number of carboxylic acid groups (broad SMARTS) is 1. The Morgan fingerprint density at radius 3 is 3.27 bits per heavy atom. The number of aromatic carboxylic acids is 1. The van der Waals surface area contributed by atoms with Crippen LogP contribution in [-0.4, -0.2) is 21.3 Å². The van der Waals surface area contributed by atoms with Gasteiger partial charge >= 0.3 is 5.97 Å². The van der Waals surface area contributed by atoms with Gasteiger partial charge in [0.1, 0.15) is 5.69 Å². The molecule has 0 spiro atoms. The highest BCUT2D eigenvalue weighted by molar-refractivity contribution is 7.10. The highest BCUT2D eigenvalue weighted by Gasteiger charge is 2.25. The molecular formula is C9H7N3O2S. The van der Waals surface area contributed by atoms with E-state index in [0.717, 1.165) is 5.56 Å². The Bertz CT molecular complexity index is 543. The summed E-state index contributed by atoms with van der Waals surface area (Å²) in [7, 11) is 0. The van der Waals surface area contributed by atoms with E-state index >= 15 is 0 Å². The van der Waals surface area contributed by atoms with Gasteiger partial charge in [0, 0.05) is 10.4 Å². The highest BCUT2D eigenvalue weighted by Crippen LogP contribution is 2.38. The molecule has 0 aromatic carbocycles. The van der Waals surface area contributed by atoms with E-state index in [2.05, 4.69) is 15.5 Å². The number of anilines is 1. The van der Waals surface area contributed by atoms with Crippen molar-refractivity contribution in [3.05, 3.63) is 22.0 Å². The standard InChI is InChI=1S/C9H7N3O2S/c13-9(14)8-7-6(11-12-8)4-1-2-15-5(4)3-10-7/h1-2,10H,3H2,(H,11,12)(H,13,14). The molecule has 0 fully saturated rings. The lowest BCUT2D eigenvalue weighted by molar-refractivity contribution is 0.0691. The van der Waals surface area contributed by atoms with Gasteiger partial charge in [0.15, 0.2) is 5.69 Å². The van der Waals surface area contributed by atoms with Crippen molar-refractivity contribution in [3.63, 3.8) is 0 Å². The molecule has 2 aromatic rings. The van der Waals surface area contributed by atoms with Gasteiger partial charge in [0.05, 0.1) is 12.2 Å². The maximum Gasteiger partial charge on any atom is 0.356 e. The van der Waals surface area contributed by atoms with Crippen LogP contribution in [0.5, 0.6) is 0 Å². The molecule has 76 valence electrons. The molecule has 3 heterocycles. The van der Waals surface area contributed by atoms with Crippen molar-refractivity contribution in [2.45, 2.75) is 6.54 Å². The predicted octanol–water partition coefficient (Wildman–Crippen LogP) is 1.76. The molecule has 3 N–H and O–H groups in total. The molecule has 0 aliphatic carbocycles. The van der Waals surface area contributed by atoms with Gasteiger partial charge in [0.25, 0.3) is 0 Å².